The van der Waals surface area contributed by atoms with Crippen LogP contribution in [0.4, 0.5) is 5.69 Å². The van der Waals surface area contributed by atoms with Crippen LogP contribution in [0.25, 0.3) is 0 Å². The summed E-state index contributed by atoms with van der Waals surface area (Å²) in [7, 11) is 0. The van der Waals surface area contributed by atoms with Gasteiger partial charge in [-0.05, 0) is 43.3 Å². The van der Waals surface area contributed by atoms with E-state index in [4.69, 9.17) is 4.74 Å². The Balaban J connectivity index is 1.72. The summed E-state index contributed by atoms with van der Waals surface area (Å²) in [6.07, 6.45) is 0. The fraction of sp³-hybridized carbons (Fsp3) is 0.0500. The van der Waals surface area contributed by atoms with Crippen LogP contribution in [0.5, 0.6) is 11.5 Å². The number of aryl methyl sites for hydroxylation is 1. The van der Waals surface area contributed by atoms with Crippen LogP contribution in [0.15, 0.2) is 78.9 Å². The number of carbonyl (C=O) groups excluding carboxylic acids is 1. The lowest BCUT2D eigenvalue weighted by molar-refractivity contribution is 0.102. The van der Waals surface area contributed by atoms with Crippen molar-refractivity contribution >= 4 is 11.6 Å². The highest BCUT2D eigenvalue weighted by atomic mass is 16.5. The highest BCUT2D eigenvalue weighted by Gasteiger charge is 2.06. The Labute approximate surface area is 135 Å². The SMILES string of the molecule is Cc1ccc(C(=O)Nc2cccc(Oc3ccccc3)c2)cc1. The maximum absolute atomic E-state index is 12.2. The molecule has 0 aliphatic rings. The Kier molecular flexibility index (Phi) is 4.39. The average molecular weight is 303 g/mol. The molecule has 0 heterocycles. The van der Waals surface area contributed by atoms with Crippen molar-refractivity contribution in [2.24, 2.45) is 0 Å². The van der Waals surface area contributed by atoms with Gasteiger partial charge >= 0.3 is 0 Å². The van der Waals surface area contributed by atoms with Gasteiger partial charge in [0.15, 0.2) is 0 Å². The van der Waals surface area contributed by atoms with E-state index in [1.165, 1.54) is 0 Å². The molecule has 3 heteroatoms. The van der Waals surface area contributed by atoms with E-state index in [1.807, 2.05) is 79.7 Å². The molecule has 0 saturated carbocycles. The summed E-state index contributed by atoms with van der Waals surface area (Å²) in [5.74, 6) is 1.30. The number of amides is 1. The predicted molar refractivity (Wildman–Crippen MR) is 92.1 cm³/mol. The molecule has 0 unspecified atom stereocenters. The molecule has 0 aliphatic carbocycles. The lowest BCUT2D eigenvalue weighted by Gasteiger charge is -2.09. The smallest absolute Gasteiger partial charge is 0.255 e. The maximum atomic E-state index is 12.2. The van der Waals surface area contributed by atoms with Gasteiger partial charge in [0.1, 0.15) is 11.5 Å². The van der Waals surface area contributed by atoms with E-state index in [9.17, 15) is 4.79 Å². The van der Waals surface area contributed by atoms with Gasteiger partial charge in [-0.25, -0.2) is 0 Å². The summed E-state index contributed by atoms with van der Waals surface area (Å²) in [6, 6.07) is 24.4. The topological polar surface area (TPSA) is 38.3 Å². The molecule has 0 bridgehead atoms. The standard InChI is InChI=1S/C20H17NO2/c1-15-10-12-16(13-11-15)20(22)21-17-6-5-9-19(14-17)23-18-7-3-2-4-8-18/h2-14H,1H3,(H,21,22). The molecule has 0 aliphatic heterocycles. The monoisotopic (exact) mass is 303 g/mol. The first-order chi connectivity index (χ1) is 11.2. The molecule has 23 heavy (non-hydrogen) atoms. The minimum Gasteiger partial charge on any atom is -0.457 e. The number of ether oxygens (including phenoxy) is 1. The van der Waals surface area contributed by atoms with Gasteiger partial charge in [0.25, 0.3) is 5.91 Å². The van der Waals surface area contributed by atoms with Crippen molar-refractivity contribution in [3.63, 3.8) is 0 Å². The largest absolute Gasteiger partial charge is 0.457 e. The van der Waals surface area contributed by atoms with E-state index in [0.717, 1.165) is 11.3 Å². The molecule has 1 N–H and O–H groups in total. The second-order valence-corrected chi connectivity index (χ2v) is 5.26. The molecule has 0 radical (unpaired) electrons. The summed E-state index contributed by atoms with van der Waals surface area (Å²) in [4.78, 5) is 12.2. The molecule has 0 aromatic heterocycles. The van der Waals surface area contributed by atoms with Crippen molar-refractivity contribution in [2.75, 3.05) is 5.32 Å². The molecule has 3 aromatic rings. The van der Waals surface area contributed by atoms with Gasteiger partial charge in [-0.15, -0.1) is 0 Å². The first-order valence-electron chi connectivity index (χ1n) is 7.42. The third-order valence-electron chi connectivity index (χ3n) is 3.38. The second-order valence-electron chi connectivity index (χ2n) is 5.26. The van der Waals surface area contributed by atoms with Crippen LogP contribution < -0.4 is 10.1 Å². The molecule has 0 spiro atoms. The fourth-order valence-corrected chi connectivity index (χ4v) is 2.17. The Morgan fingerprint density at radius 1 is 0.826 bits per heavy atom. The number of carbonyl (C=O) groups is 1. The number of rotatable bonds is 4. The minimum atomic E-state index is -0.137. The zero-order valence-electron chi connectivity index (χ0n) is 12.8. The van der Waals surface area contributed by atoms with Crippen molar-refractivity contribution in [1.29, 1.82) is 0 Å². The van der Waals surface area contributed by atoms with Gasteiger partial charge in [0.05, 0.1) is 0 Å². The van der Waals surface area contributed by atoms with Gasteiger partial charge in [-0.2, -0.15) is 0 Å². The molecule has 1 amide bonds. The lowest BCUT2D eigenvalue weighted by atomic mass is 10.1. The Bertz CT molecular complexity index is 795. The summed E-state index contributed by atoms with van der Waals surface area (Å²) in [6.45, 7) is 1.99. The number of anilines is 1. The highest BCUT2D eigenvalue weighted by molar-refractivity contribution is 6.04. The zero-order chi connectivity index (χ0) is 16.1. The number of benzene rings is 3. The molecule has 3 nitrogen and oxygen atoms in total. The molecule has 3 aromatic carbocycles. The van der Waals surface area contributed by atoms with Gasteiger partial charge in [-0.3, -0.25) is 4.79 Å². The van der Waals surface area contributed by atoms with Gasteiger partial charge < -0.3 is 10.1 Å². The number of hydrogen-bond acceptors (Lipinski definition) is 2. The number of nitrogens with one attached hydrogen (secondary N) is 1. The van der Waals surface area contributed by atoms with Crippen LogP contribution in [0.3, 0.4) is 0 Å². The van der Waals surface area contributed by atoms with Crippen LogP contribution in [-0.2, 0) is 0 Å². The molecule has 3 rings (SSSR count). The van der Waals surface area contributed by atoms with Gasteiger partial charge in [0.2, 0.25) is 0 Å². The first-order valence-corrected chi connectivity index (χ1v) is 7.42. The van der Waals surface area contributed by atoms with Crippen LogP contribution >= 0.6 is 0 Å². The van der Waals surface area contributed by atoms with Crippen LogP contribution in [0.2, 0.25) is 0 Å². The normalized spacial score (nSPS) is 10.1. The summed E-state index contributed by atoms with van der Waals surface area (Å²) in [5.41, 5.74) is 2.45. The van der Waals surface area contributed by atoms with E-state index in [1.54, 1.807) is 6.07 Å². The van der Waals surface area contributed by atoms with Crippen molar-refractivity contribution in [3.05, 3.63) is 90.0 Å². The lowest BCUT2D eigenvalue weighted by Crippen LogP contribution is -2.11. The highest BCUT2D eigenvalue weighted by Crippen LogP contribution is 2.24. The van der Waals surface area contributed by atoms with Gasteiger partial charge in [-0.1, -0.05) is 42.0 Å². The average Bonchev–Trinajstić information content (AvgIpc) is 2.57. The van der Waals surface area contributed by atoms with Crippen LogP contribution in [-0.4, -0.2) is 5.91 Å². The number of hydrogen-bond donors (Lipinski definition) is 1. The molecular formula is C20H17NO2. The first kappa shape index (κ1) is 14.9. The van der Waals surface area contributed by atoms with Crippen molar-refractivity contribution in [3.8, 4) is 11.5 Å². The quantitative estimate of drug-likeness (QED) is 0.733. The third-order valence-corrected chi connectivity index (χ3v) is 3.38. The number of para-hydroxylation sites is 1. The van der Waals surface area contributed by atoms with E-state index < -0.39 is 0 Å². The molecule has 114 valence electrons. The zero-order valence-corrected chi connectivity index (χ0v) is 12.8. The summed E-state index contributed by atoms with van der Waals surface area (Å²) in [5, 5.41) is 2.88. The molecule has 0 saturated heterocycles. The van der Waals surface area contributed by atoms with E-state index in [0.29, 0.717) is 17.0 Å². The summed E-state index contributed by atoms with van der Waals surface area (Å²) < 4.78 is 5.77. The van der Waals surface area contributed by atoms with Crippen molar-refractivity contribution in [1.82, 2.24) is 0 Å². The minimum absolute atomic E-state index is 0.137. The Hall–Kier alpha value is -3.07. The molecule has 0 atom stereocenters. The van der Waals surface area contributed by atoms with Crippen LogP contribution in [0, 0.1) is 6.92 Å². The molecular weight excluding hydrogens is 286 g/mol. The van der Waals surface area contributed by atoms with E-state index in [2.05, 4.69) is 5.32 Å². The van der Waals surface area contributed by atoms with Crippen LogP contribution in [0.1, 0.15) is 15.9 Å². The summed E-state index contributed by atoms with van der Waals surface area (Å²) >= 11 is 0. The van der Waals surface area contributed by atoms with E-state index >= 15 is 0 Å². The third kappa shape index (κ3) is 3.98. The van der Waals surface area contributed by atoms with E-state index in [-0.39, 0.29) is 5.91 Å². The Morgan fingerprint density at radius 2 is 1.52 bits per heavy atom. The second kappa shape index (κ2) is 6.79. The van der Waals surface area contributed by atoms with Gasteiger partial charge in [0, 0.05) is 17.3 Å². The van der Waals surface area contributed by atoms with Crippen molar-refractivity contribution in [2.45, 2.75) is 6.92 Å². The fourth-order valence-electron chi connectivity index (χ4n) is 2.17. The maximum Gasteiger partial charge on any atom is 0.255 e. The predicted octanol–water partition coefficient (Wildman–Crippen LogP) is 5.04. The molecule has 0 fully saturated rings. The Morgan fingerprint density at radius 3 is 2.26 bits per heavy atom. The van der Waals surface area contributed by atoms with Crippen molar-refractivity contribution < 1.29 is 9.53 Å².